The van der Waals surface area contributed by atoms with Crippen molar-refractivity contribution < 1.29 is 9.53 Å². The molecule has 21 heavy (non-hydrogen) atoms. The number of hydrogen-bond donors (Lipinski definition) is 1. The first-order valence-electron chi connectivity index (χ1n) is 7.04. The molecule has 0 aromatic heterocycles. The number of benzene rings is 2. The number of rotatable bonds is 2. The highest BCUT2D eigenvalue weighted by Crippen LogP contribution is 2.31. The van der Waals surface area contributed by atoms with E-state index in [9.17, 15) is 4.79 Å². The summed E-state index contributed by atoms with van der Waals surface area (Å²) in [5.41, 5.74) is 9.21. The third kappa shape index (κ3) is 2.44. The number of ether oxygens (including phenoxy) is 1. The van der Waals surface area contributed by atoms with Crippen LogP contribution in [-0.4, -0.2) is 19.6 Å². The summed E-state index contributed by atoms with van der Waals surface area (Å²) in [4.78, 5) is 14.7. The fourth-order valence-electron chi connectivity index (χ4n) is 2.77. The molecular formula is C17H18N2O2. The van der Waals surface area contributed by atoms with Gasteiger partial charge in [-0.25, -0.2) is 0 Å². The van der Waals surface area contributed by atoms with Crippen LogP contribution in [-0.2, 0) is 6.42 Å². The van der Waals surface area contributed by atoms with Crippen molar-refractivity contribution in [3.8, 4) is 5.75 Å². The molecule has 2 aromatic rings. The van der Waals surface area contributed by atoms with Crippen LogP contribution in [0.15, 0.2) is 42.5 Å². The van der Waals surface area contributed by atoms with Crippen LogP contribution >= 0.6 is 0 Å². The highest BCUT2D eigenvalue weighted by atomic mass is 16.5. The molecule has 0 saturated heterocycles. The average Bonchev–Trinajstić information content (AvgIpc) is 2.53. The van der Waals surface area contributed by atoms with E-state index in [1.165, 1.54) is 5.56 Å². The molecule has 0 unspecified atom stereocenters. The smallest absolute Gasteiger partial charge is 0.262 e. The number of amides is 1. The third-order valence-electron chi connectivity index (χ3n) is 3.81. The van der Waals surface area contributed by atoms with Crippen molar-refractivity contribution in [3.05, 3.63) is 53.6 Å². The largest absolute Gasteiger partial charge is 0.496 e. The zero-order valence-corrected chi connectivity index (χ0v) is 12.0. The summed E-state index contributed by atoms with van der Waals surface area (Å²) in [6.07, 6.45) is 1.93. The number of methoxy groups -OCH3 is 1. The number of fused-ring (bicyclic) bond motifs is 1. The van der Waals surface area contributed by atoms with Crippen molar-refractivity contribution in [2.24, 2.45) is 0 Å². The van der Waals surface area contributed by atoms with Crippen LogP contribution in [0, 0.1) is 0 Å². The van der Waals surface area contributed by atoms with Crippen LogP contribution in [0.1, 0.15) is 22.3 Å². The molecule has 2 N–H and O–H groups in total. The molecule has 1 amide bonds. The van der Waals surface area contributed by atoms with Crippen molar-refractivity contribution in [1.82, 2.24) is 0 Å². The van der Waals surface area contributed by atoms with Gasteiger partial charge >= 0.3 is 0 Å². The van der Waals surface area contributed by atoms with Crippen LogP contribution in [0.25, 0.3) is 0 Å². The number of nitrogens with zero attached hydrogens (tertiary/aromatic N) is 1. The molecule has 2 aromatic carbocycles. The summed E-state index contributed by atoms with van der Waals surface area (Å²) in [5.74, 6) is 0.553. The first kappa shape index (κ1) is 13.5. The minimum Gasteiger partial charge on any atom is -0.496 e. The highest BCUT2D eigenvalue weighted by molar-refractivity contribution is 6.08. The molecule has 1 aliphatic rings. The van der Waals surface area contributed by atoms with Crippen molar-refractivity contribution in [2.45, 2.75) is 12.8 Å². The Labute approximate surface area is 124 Å². The number of carbonyl (C=O) groups excluding carboxylic acids is 1. The lowest BCUT2D eigenvalue weighted by atomic mass is 10.00. The summed E-state index contributed by atoms with van der Waals surface area (Å²) >= 11 is 0. The van der Waals surface area contributed by atoms with Gasteiger partial charge in [-0.1, -0.05) is 18.2 Å². The van der Waals surface area contributed by atoms with Gasteiger partial charge in [0.15, 0.2) is 0 Å². The number of carbonyl (C=O) groups is 1. The molecule has 1 aliphatic heterocycles. The fraction of sp³-hybridized carbons (Fsp3) is 0.235. The number of para-hydroxylation sites is 1. The van der Waals surface area contributed by atoms with E-state index in [0.717, 1.165) is 18.5 Å². The van der Waals surface area contributed by atoms with Gasteiger partial charge in [-0.15, -0.1) is 0 Å². The van der Waals surface area contributed by atoms with Gasteiger partial charge in [0.2, 0.25) is 0 Å². The Morgan fingerprint density at radius 2 is 2.05 bits per heavy atom. The average molecular weight is 282 g/mol. The SMILES string of the molecule is COc1ccccc1C(=O)N1CCCc2ccc(N)cc21. The molecular weight excluding hydrogens is 264 g/mol. The first-order chi connectivity index (χ1) is 10.2. The Morgan fingerprint density at radius 3 is 2.86 bits per heavy atom. The van der Waals surface area contributed by atoms with E-state index in [4.69, 9.17) is 10.5 Å². The summed E-state index contributed by atoms with van der Waals surface area (Å²) in [5, 5.41) is 0. The molecule has 108 valence electrons. The van der Waals surface area contributed by atoms with Gasteiger partial charge in [0.05, 0.1) is 12.7 Å². The monoisotopic (exact) mass is 282 g/mol. The third-order valence-corrected chi connectivity index (χ3v) is 3.81. The van der Waals surface area contributed by atoms with Crippen LogP contribution in [0.2, 0.25) is 0 Å². The summed E-state index contributed by atoms with van der Waals surface area (Å²) in [6, 6.07) is 13.1. The lowest BCUT2D eigenvalue weighted by Gasteiger charge is -2.30. The highest BCUT2D eigenvalue weighted by Gasteiger charge is 2.25. The predicted octanol–water partition coefficient (Wildman–Crippen LogP) is 2.87. The number of aryl methyl sites for hydroxylation is 1. The second-order valence-corrected chi connectivity index (χ2v) is 5.15. The zero-order chi connectivity index (χ0) is 14.8. The minimum atomic E-state index is -0.0426. The molecule has 0 bridgehead atoms. The topological polar surface area (TPSA) is 55.6 Å². The standard InChI is InChI=1S/C17H18N2O2/c1-21-16-7-3-2-6-14(16)17(20)19-10-4-5-12-8-9-13(18)11-15(12)19/h2-3,6-9,11H,4-5,10,18H2,1H3. The Hall–Kier alpha value is -2.49. The van der Waals surface area contributed by atoms with E-state index >= 15 is 0 Å². The first-order valence-corrected chi connectivity index (χ1v) is 7.04. The fourth-order valence-corrected chi connectivity index (χ4v) is 2.77. The van der Waals surface area contributed by atoms with Crippen molar-refractivity contribution in [1.29, 1.82) is 0 Å². The molecule has 4 nitrogen and oxygen atoms in total. The van der Waals surface area contributed by atoms with Crippen LogP contribution in [0.3, 0.4) is 0 Å². The maximum absolute atomic E-state index is 12.9. The summed E-state index contributed by atoms with van der Waals surface area (Å²) in [7, 11) is 1.58. The Balaban J connectivity index is 2.02. The summed E-state index contributed by atoms with van der Waals surface area (Å²) in [6.45, 7) is 0.702. The molecule has 0 radical (unpaired) electrons. The Kier molecular flexibility index (Phi) is 3.52. The van der Waals surface area contributed by atoms with Crippen molar-refractivity contribution in [3.63, 3.8) is 0 Å². The molecule has 0 fully saturated rings. The minimum absolute atomic E-state index is 0.0426. The van der Waals surface area contributed by atoms with Gasteiger partial charge in [0, 0.05) is 17.9 Å². The van der Waals surface area contributed by atoms with Gasteiger partial charge in [0.1, 0.15) is 5.75 Å². The molecule has 1 heterocycles. The lowest BCUT2D eigenvalue weighted by Crippen LogP contribution is -2.35. The maximum Gasteiger partial charge on any atom is 0.262 e. The number of anilines is 2. The zero-order valence-electron chi connectivity index (χ0n) is 12.0. The lowest BCUT2D eigenvalue weighted by molar-refractivity contribution is 0.0982. The van der Waals surface area contributed by atoms with Gasteiger partial charge < -0.3 is 15.4 Å². The maximum atomic E-state index is 12.9. The van der Waals surface area contributed by atoms with Gasteiger partial charge in [-0.2, -0.15) is 0 Å². The predicted molar refractivity (Wildman–Crippen MR) is 83.8 cm³/mol. The summed E-state index contributed by atoms with van der Waals surface area (Å²) < 4.78 is 5.30. The van der Waals surface area contributed by atoms with Crippen LogP contribution in [0.4, 0.5) is 11.4 Å². The molecule has 0 spiro atoms. The normalized spacial score (nSPS) is 13.7. The number of nitrogen functional groups attached to an aromatic ring is 1. The Bertz CT molecular complexity index is 682. The molecule has 0 atom stereocenters. The number of nitrogens with two attached hydrogens (primary N) is 1. The van der Waals surface area contributed by atoms with Crippen LogP contribution < -0.4 is 15.4 Å². The Morgan fingerprint density at radius 1 is 1.24 bits per heavy atom. The second-order valence-electron chi connectivity index (χ2n) is 5.15. The van der Waals surface area contributed by atoms with E-state index in [2.05, 4.69) is 0 Å². The van der Waals surface area contributed by atoms with E-state index < -0.39 is 0 Å². The quantitative estimate of drug-likeness (QED) is 0.862. The van der Waals surface area contributed by atoms with Crippen molar-refractivity contribution >= 4 is 17.3 Å². The molecule has 0 saturated carbocycles. The van der Waals surface area contributed by atoms with Gasteiger partial charge in [-0.05, 0) is 42.7 Å². The molecule has 3 rings (SSSR count). The van der Waals surface area contributed by atoms with Gasteiger partial charge in [-0.3, -0.25) is 4.79 Å². The molecule has 0 aliphatic carbocycles. The van der Waals surface area contributed by atoms with E-state index in [1.807, 2.05) is 30.3 Å². The number of hydrogen-bond acceptors (Lipinski definition) is 3. The van der Waals surface area contributed by atoms with E-state index in [1.54, 1.807) is 24.1 Å². The second kappa shape index (κ2) is 5.48. The van der Waals surface area contributed by atoms with Crippen LogP contribution in [0.5, 0.6) is 5.75 Å². The van der Waals surface area contributed by atoms with Gasteiger partial charge in [0.25, 0.3) is 5.91 Å². The molecule has 4 heteroatoms. The van der Waals surface area contributed by atoms with Crippen molar-refractivity contribution in [2.75, 3.05) is 24.3 Å². The van der Waals surface area contributed by atoms with E-state index in [-0.39, 0.29) is 5.91 Å². The van der Waals surface area contributed by atoms with E-state index in [0.29, 0.717) is 23.5 Å².